The summed E-state index contributed by atoms with van der Waals surface area (Å²) in [6, 6.07) is 1.60. The Hall–Kier alpha value is -0.660. The fraction of sp³-hybridized carbons (Fsp3) is 0.889. The minimum Gasteiger partial charge on any atom is -0.300 e. The van der Waals surface area contributed by atoms with E-state index >= 15 is 0 Å². The molecule has 0 radical (unpaired) electrons. The highest BCUT2D eigenvalue weighted by Crippen LogP contribution is 2.35. The number of hydrogen-bond donors (Lipinski definition) is 0. The van der Waals surface area contributed by atoms with Crippen LogP contribution in [0.15, 0.2) is 4.99 Å². The molecule has 0 aromatic heterocycles. The Balaban J connectivity index is 2.07. The first-order valence-corrected chi connectivity index (χ1v) is 4.60. The molecule has 2 unspecified atom stereocenters. The zero-order valence-electron chi connectivity index (χ0n) is 7.36. The molecule has 2 atom stereocenters. The van der Waals surface area contributed by atoms with Crippen LogP contribution in [-0.2, 0) is 4.79 Å². The fourth-order valence-electron chi connectivity index (χ4n) is 2.56. The molecule has 12 heavy (non-hydrogen) atoms. The summed E-state index contributed by atoms with van der Waals surface area (Å²) in [5.41, 5.74) is 0. The van der Waals surface area contributed by atoms with Gasteiger partial charge in [-0.3, -0.25) is 0 Å². The van der Waals surface area contributed by atoms with Gasteiger partial charge in [-0.15, -0.1) is 0 Å². The maximum atomic E-state index is 10.1. The maximum Gasteiger partial charge on any atom is 0.235 e. The van der Waals surface area contributed by atoms with Crippen LogP contribution in [-0.4, -0.2) is 36.2 Å². The molecule has 0 amide bonds. The molecular formula is C9H14N2O. The molecule has 3 nitrogen and oxygen atoms in total. The van der Waals surface area contributed by atoms with Crippen LogP contribution in [0, 0.1) is 0 Å². The number of nitrogens with zero attached hydrogens (tertiary/aromatic N) is 2. The van der Waals surface area contributed by atoms with Gasteiger partial charge >= 0.3 is 0 Å². The summed E-state index contributed by atoms with van der Waals surface area (Å²) in [7, 11) is 2.18. The van der Waals surface area contributed by atoms with Gasteiger partial charge < -0.3 is 4.90 Å². The zero-order valence-corrected chi connectivity index (χ0v) is 7.36. The Kier molecular flexibility index (Phi) is 1.99. The van der Waals surface area contributed by atoms with E-state index in [0.717, 1.165) is 12.8 Å². The van der Waals surface area contributed by atoms with Crippen molar-refractivity contribution in [3.05, 3.63) is 0 Å². The van der Waals surface area contributed by atoms with Gasteiger partial charge in [0.15, 0.2) is 0 Å². The van der Waals surface area contributed by atoms with Crippen molar-refractivity contribution in [3.63, 3.8) is 0 Å². The van der Waals surface area contributed by atoms with E-state index in [2.05, 4.69) is 16.9 Å². The third kappa shape index (κ3) is 1.19. The minimum absolute atomic E-state index is 0.260. The molecule has 2 saturated heterocycles. The molecule has 0 N–H and O–H groups in total. The van der Waals surface area contributed by atoms with E-state index in [0.29, 0.717) is 12.1 Å². The quantitative estimate of drug-likeness (QED) is 0.429. The average molecular weight is 166 g/mol. The van der Waals surface area contributed by atoms with E-state index in [1.807, 2.05) is 0 Å². The van der Waals surface area contributed by atoms with E-state index in [1.54, 1.807) is 6.08 Å². The van der Waals surface area contributed by atoms with Crippen molar-refractivity contribution in [2.45, 2.75) is 43.8 Å². The van der Waals surface area contributed by atoms with Crippen LogP contribution >= 0.6 is 0 Å². The van der Waals surface area contributed by atoms with Gasteiger partial charge in [0.2, 0.25) is 6.08 Å². The number of carbonyl (C=O) groups excluding carboxylic acids is 1. The summed E-state index contributed by atoms with van der Waals surface area (Å²) in [6.45, 7) is 0. The molecule has 0 saturated carbocycles. The summed E-state index contributed by atoms with van der Waals surface area (Å²) in [5, 5.41) is 0. The van der Waals surface area contributed by atoms with Crippen molar-refractivity contribution in [2.24, 2.45) is 4.99 Å². The van der Waals surface area contributed by atoms with E-state index in [4.69, 9.17) is 0 Å². The fourth-order valence-corrected chi connectivity index (χ4v) is 2.56. The molecule has 0 spiro atoms. The summed E-state index contributed by atoms with van der Waals surface area (Å²) in [4.78, 5) is 16.4. The molecule has 2 fully saturated rings. The molecule has 2 bridgehead atoms. The average Bonchev–Trinajstić information content (AvgIpc) is 2.33. The highest BCUT2D eigenvalue weighted by atomic mass is 16.1. The van der Waals surface area contributed by atoms with E-state index in [1.165, 1.54) is 12.8 Å². The standard InChI is InChI=1S/C9H14N2O/c1-11-8-2-3-9(11)5-7(4-8)10-6-12/h7-9H,2-5H2,1H3. The second-order valence-electron chi connectivity index (χ2n) is 3.90. The molecule has 66 valence electrons. The lowest BCUT2D eigenvalue weighted by Gasteiger charge is -2.33. The monoisotopic (exact) mass is 166 g/mol. The Morgan fingerprint density at radius 1 is 1.33 bits per heavy atom. The summed E-state index contributed by atoms with van der Waals surface area (Å²) >= 11 is 0. The van der Waals surface area contributed by atoms with Crippen LogP contribution in [0.5, 0.6) is 0 Å². The molecule has 0 aliphatic carbocycles. The number of piperidine rings is 1. The number of hydrogen-bond acceptors (Lipinski definition) is 3. The summed E-state index contributed by atoms with van der Waals surface area (Å²) in [6.07, 6.45) is 6.36. The Labute approximate surface area is 72.5 Å². The Morgan fingerprint density at radius 2 is 1.92 bits per heavy atom. The van der Waals surface area contributed by atoms with Crippen LogP contribution in [0.4, 0.5) is 0 Å². The van der Waals surface area contributed by atoms with Crippen molar-refractivity contribution < 1.29 is 4.79 Å². The van der Waals surface area contributed by atoms with E-state index in [9.17, 15) is 4.79 Å². The van der Waals surface area contributed by atoms with Crippen molar-refractivity contribution in [1.82, 2.24) is 4.90 Å². The second kappa shape index (κ2) is 3.00. The number of rotatable bonds is 1. The lowest BCUT2D eigenvalue weighted by Crippen LogP contribution is -2.41. The normalized spacial score (nSPS) is 40.9. The van der Waals surface area contributed by atoms with Gasteiger partial charge in [-0.05, 0) is 32.7 Å². The SMILES string of the molecule is CN1C2CCC1CC(N=C=O)C2. The predicted octanol–water partition coefficient (Wildman–Crippen LogP) is 0.947. The van der Waals surface area contributed by atoms with Gasteiger partial charge in [-0.1, -0.05) is 0 Å². The van der Waals surface area contributed by atoms with Gasteiger partial charge in [0.05, 0.1) is 6.04 Å². The lowest BCUT2D eigenvalue weighted by molar-refractivity contribution is 0.163. The molecule has 2 rings (SSSR count). The third-order valence-corrected chi connectivity index (χ3v) is 3.31. The molecule has 2 aliphatic rings. The number of isocyanates is 1. The topological polar surface area (TPSA) is 32.7 Å². The smallest absolute Gasteiger partial charge is 0.235 e. The van der Waals surface area contributed by atoms with Gasteiger partial charge in [-0.2, -0.15) is 0 Å². The van der Waals surface area contributed by atoms with Crippen molar-refractivity contribution >= 4 is 6.08 Å². The van der Waals surface area contributed by atoms with Crippen LogP contribution < -0.4 is 0 Å². The second-order valence-corrected chi connectivity index (χ2v) is 3.90. The van der Waals surface area contributed by atoms with Crippen molar-refractivity contribution in [1.29, 1.82) is 0 Å². The van der Waals surface area contributed by atoms with E-state index in [-0.39, 0.29) is 6.04 Å². The van der Waals surface area contributed by atoms with Crippen LogP contribution in [0.1, 0.15) is 25.7 Å². The van der Waals surface area contributed by atoms with Crippen LogP contribution in [0.3, 0.4) is 0 Å². The minimum atomic E-state index is 0.260. The van der Waals surface area contributed by atoms with Crippen molar-refractivity contribution in [2.75, 3.05) is 7.05 Å². The number of aliphatic imine (C=N–C) groups is 1. The third-order valence-electron chi connectivity index (χ3n) is 3.31. The molecular weight excluding hydrogens is 152 g/mol. The molecule has 0 aromatic carbocycles. The highest BCUT2D eigenvalue weighted by Gasteiger charge is 2.38. The van der Waals surface area contributed by atoms with E-state index < -0.39 is 0 Å². The molecule has 0 aromatic rings. The van der Waals surface area contributed by atoms with Gasteiger partial charge in [0.1, 0.15) is 0 Å². The first-order chi connectivity index (χ1) is 5.81. The van der Waals surface area contributed by atoms with Crippen LogP contribution in [0.2, 0.25) is 0 Å². The van der Waals surface area contributed by atoms with Gasteiger partial charge in [0.25, 0.3) is 0 Å². The largest absolute Gasteiger partial charge is 0.300 e. The first-order valence-electron chi connectivity index (χ1n) is 4.60. The molecule has 2 aliphatic heterocycles. The van der Waals surface area contributed by atoms with Crippen LogP contribution in [0.25, 0.3) is 0 Å². The predicted molar refractivity (Wildman–Crippen MR) is 45.7 cm³/mol. The van der Waals surface area contributed by atoms with Gasteiger partial charge in [0, 0.05) is 12.1 Å². The lowest BCUT2D eigenvalue weighted by atomic mass is 9.99. The molecule has 3 heteroatoms. The molecule has 2 heterocycles. The first kappa shape index (κ1) is 7.96. The summed E-state index contributed by atoms with van der Waals surface area (Å²) in [5.74, 6) is 0. The zero-order chi connectivity index (χ0) is 8.55. The maximum absolute atomic E-state index is 10.1. The summed E-state index contributed by atoms with van der Waals surface area (Å²) < 4.78 is 0. The number of fused-ring (bicyclic) bond motifs is 2. The van der Waals surface area contributed by atoms with Gasteiger partial charge in [-0.25, -0.2) is 9.79 Å². The highest BCUT2D eigenvalue weighted by molar-refractivity contribution is 5.33. The Bertz CT molecular complexity index is 209. The van der Waals surface area contributed by atoms with Crippen molar-refractivity contribution in [3.8, 4) is 0 Å². The Morgan fingerprint density at radius 3 is 2.42 bits per heavy atom.